The third-order valence-corrected chi connectivity index (χ3v) is 4.30. The van der Waals surface area contributed by atoms with E-state index in [1.54, 1.807) is 18.2 Å². The minimum absolute atomic E-state index is 0.00961. The number of hydrogen-bond acceptors (Lipinski definition) is 3. The average Bonchev–Trinajstić information content (AvgIpc) is 2.89. The van der Waals surface area contributed by atoms with Crippen LogP contribution in [0.1, 0.15) is 12.0 Å². The van der Waals surface area contributed by atoms with Crippen LogP contribution < -0.4 is 11.1 Å². The molecule has 1 aliphatic carbocycles. The third kappa shape index (κ3) is 2.59. The molecule has 1 saturated carbocycles. The molecule has 4 unspecified atom stereocenters. The number of benzene rings is 1. The van der Waals surface area contributed by atoms with Gasteiger partial charge >= 0.3 is 0 Å². The maximum Gasteiger partial charge on any atom is 0.244 e. The van der Waals surface area contributed by atoms with Gasteiger partial charge < -0.3 is 15.8 Å². The van der Waals surface area contributed by atoms with Crippen LogP contribution in [-0.2, 0) is 9.53 Å². The summed E-state index contributed by atoms with van der Waals surface area (Å²) in [5.41, 5.74) is 6.97. The zero-order valence-electron chi connectivity index (χ0n) is 11.0. The van der Waals surface area contributed by atoms with E-state index in [2.05, 4.69) is 5.32 Å². The van der Waals surface area contributed by atoms with Gasteiger partial charge in [0.05, 0.1) is 12.1 Å². The van der Waals surface area contributed by atoms with Crippen molar-refractivity contribution in [3.8, 4) is 0 Å². The van der Waals surface area contributed by atoms with Crippen LogP contribution in [0, 0.1) is 5.92 Å². The van der Waals surface area contributed by atoms with E-state index in [0.29, 0.717) is 10.9 Å². The van der Waals surface area contributed by atoms with E-state index in [0.717, 1.165) is 18.6 Å². The molecule has 2 fully saturated rings. The Bertz CT molecular complexity index is 529. The van der Waals surface area contributed by atoms with Gasteiger partial charge in [-0.1, -0.05) is 23.7 Å². The number of halogens is 1. The highest BCUT2D eigenvalue weighted by atomic mass is 35.5. The first-order chi connectivity index (χ1) is 9.65. The fraction of sp³-hybridized carbons (Fsp3) is 0.400. The lowest BCUT2D eigenvalue weighted by atomic mass is 9.72. The average molecular weight is 293 g/mol. The summed E-state index contributed by atoms with van der Waals surface area (Å²) in [6, 6.07) is 7.24. The van der Waals surface area contributed by atoms with Crippen molar-refractivity contribution in [1.29, 1.82) is 0 Å². The number of rotatable bonds is 3. The van der Waals surface area contributed by atoms with E-state index in [4.69, 9.17) is 22.1 Å². The molecule has 0 radical (unpaired) electrons. The van der Waals surface area contributed by atoms with Crippen LogP contribution in [0.25, 0.3) is 6.08 Å². The standard InChI is InChI=1S/C15H17ClN2O2/c16-10-4-1-9(2-5-10)3-6-12(19)18-14-13(17)11-7-8-20-15(11)14/h1-6,11,13-15H,7-8,17H2,(H,18,19). The first kappa shape index (κ1) is 13.6. The lowest BCUT2D eigenvalue weighted by Crippen LogP contribution is -2.68. The van der Waals surface area contributed by atoms with Crippen LogP contribution in [0.4, 0.5) is 0 Å². The molecule has 1 saturated heterocycles. The molecule has 1 amide bonds. The van der Waals surface area contributed by atoms with Crippen molar-refractivity contribution in [2.75, 3.05) is 6.61 Å². The predicted octanol–water partition coefficient (Wildman–Crippen LogP) is 1.58. The number of carbonyl (C=O) groups excluding carboxylic acids is 1. The van der Waals surface area contributed by atoms with Crippen LogP contribution in [0.5, 0.6) is 0 Å². The number of ether oxygens (including phenoxy) is 1. The van der Waals surface area contributed by atoms with Gasteiger partial charge in [-0.25, -0.2) is 0 Å². The molecule has 4 nitrogen and oxygen atoms in total. The van der Waals surface area contributed by atoms with Crippen LogP contribution in [0.15, 0.2) is 30.3 Å². The van der Waals surface area contributed by atoms with E-state index >= 15 is 0 Å². The Morgan fingerprint density at radius 3 is 2.90 bits per heavy atom. The van der Waals surface area contributed by atoms with Crippen molar-refractivity contribution in [3.05, 3.63) is 40.9 Å². The zero-order valence-corrected chi connectivity index (χ0v) is 11.7. The van der Waals surface area contributed by atoms with E-state index in [1.165, 1.54) is 6.08 Å². The first-order valence-electron chi connectivity index (χ1n) is 6.76. The summed E-state index contributed by atoms with van der Waals surface area (Å²) in [4.78, 5) is 11.9. The number of fused-ring (bicyclic) bond motifs is 1. The third-order valence-electron chi connectivity index (χ3n) is 4.05. The second-order valence-electron chi connectivity index (χ2n) is 5.28. The van der Waals surface area contributed by atoms with Crippen LogP contribution in [0.2, 0.25) is 5.02 Å². The Morgan fingerprint density at radius 1 is 1.40 bits per heavy atom. The Morgan fingerprint density at radius 2 is 2.15 bits per heavy atom. The molecule has 3 N–H and O–H groups in total. The maximum absolute atomic E-state index is 11.9. The molecule has 5 heteroatoms. The Labute approximate surface area is 122 Å². The summed E-state index contributed by atoms with van der Waals surface area (Å²) < 4.78 is 5.58. The molecule has 20 heavy (non-hydrogen) atoms. The van der Waals surface area contributed by atoms with Gasteiger partial charge in [-0.05, 0) is 30.2 Å². The highest BCUT2D eigenvalue weighted by Crippen LogP contribution is 2.37. The molecule has 1 heterocycles. The molecule has 2 aliphatic rings. The second kappa shape index (κ2) is 5.56. The normalized spacial score (nSPS) is 31.9. The van der Waals surface area contributed by atoms with Crippen molar-refractivity contribution < 1.29 is 9.53 Å². The summed E-state index contributed by atoms with van der Waals surface area (Å²) in [6.07, 6.45) is 4.36. The van der Waals surface area contributed by atoms with Gasteiger partial charge in [0.25, 0.3) is 0 Å². The van der Waals surface area contributed by atoms with E-state index < -0.39 is 0 Å². The molecular formula is C15H17ClN2O2. The van der Waals surface area contributed by atoms with Gasteiger partial charge in [0.1, 0.15) is 0 Å². The molecule has 1 aromatic carbocycles. The smallest absolute Gasteiger partial charge is 0.244 e. The number of nitrogens with one attached hydrogen (secondary N) is 1. The maximum atomic E-state index is 11.9. The zero-order chi connectivity index (χ0) is 14.1. The minimum Gasteiger partial charge on any atom is -0.376 e. The van der Waals surface area contributed by atoms with E-state index in [-0.39, 0.29) is 24.1 Å². The molecule has 1 aliphatic heterocycles. The Kier molecular flexibility index (Phi) is 3.78. The molecule has 0 spiro atoms. The van der Waals surface area contributed by atoms with Gasteiger partial charge in [0.15, 0.2) is 0 Å². The molecule has 3 rings (SSSR count). The van der Waals surface area contributed by atoms with Crippen molar-refractivity contribution >= 4 is 23.6 Å². The topological polar surface area (TPSA) is 64.3 Å². The summed E-state index contributed by atoms with van der Waals surface area (Å²) in [5, 5.41) is 3.59. The quantitative estimate of drug-likeness (QED) is 0.832. The molecule has 4 atom stereocenters. The fourth-order valence-electron chi connectivity index (χ4n) is 2.89. The molecule has 1 aromatic rings. The van der Waals surface area contributed by atoms with Crippen molar-refractivity contribution in [1.82, 2.24) is 5.32 Å². The number of nitrogens with two attached hydrogens (primary N) is 1. The Hall–Kier alpha value is -1.36. The number of hydrogen-bond donors (Lipinski definition) is 2. The van der Waals surface area contributed by atoms with Crippen LogP contribution in [0.3, 0.4) is 0 Å². The van der Waals surface area contributed by atoms with Crippen LogP contribution in [-0.4, -0.2) is 30.7 Å². The van der Waals surface area contributed by atoms with Crippen molar-refractivity contribution in [2.24, 2.45) is 11.7 Å². The molecular weight excluding hydrogens is 276 g/mol. The van der Waals surface area contributed by atoms with E-state index in [9.17, 15) is 4.79 Å². The van der Waals surface area contributed by atoms with Crippen molar-refractivity contribution in [2.45, 2.75) is 24.6 Å². The molecule has 106 valence electrons. The van der Waals surface area contributed by atoms with Crippen molar-refractivity contribution in [3.63, 3.8) is 0 Å². The number of amides is 1. The Balaban J connectivity index is 1.56. The van der Waals surface area contributed by atoms with Gasteiger partial charge in [0.2, 0.25) is 5.91 Å². The highest BCUT2D eigenvalue weighted by molar-refractivity contribution is 6.30. The van der Waals surface area contributed by atoms with Gasteiger partial charge in [-0.15, -0.1) is 0 Å². The second-order valence-corrected chi connectivity index (χ2v) is 5.72. The monoisotopic (exact) mass is 292 g/mol. The SMILES string of the molecule is NC1C2CCOC2C1NC(=O)C=Cc1ccc(Cl)cc1. The minimum atomic E-state index is -0.144. The predicted molar refractivity (Wildman–Crippen MR) is 78.2 cm³/mol. The lowest BCUT2D eigenvalue weighted by Gasteiger charge is -2.45. The molecule has 0 aromatic heterocycles. The largest absolute Gasteiger partial charge is 0.376 e. The van der Waals surface area contributed by atoms with E-state index in [1.807, 2.05) is 12.1 Å². The van der Waals surface area contributed by atoms with Gasteiger partial charge in [-0.3, -0.25) is 4.79 Å². The summed E-state index contributed by atoms with van der Waals surface area (Å²) in [7, 11) is 0. The van der Waals surface area contributed by atoms with Gasteiger partial charge in [0, 0.05) is 29.7 Å². The summed E-state index contributed by atoms with van der Waals surface area (Å²) >= 11 is 5.81. The highest BCUT2D eigenvalue weighted by Gasteiger charge is 2.52. The summed E-state index contributed by atoms with van der Waals surface area (Å²) in [6.45, 7) is 0.746. The number of carbonyl (C=O) groups is 1. The van der Waals surface area contributed by atoms with Gasteiger partial charge in [-0.2, -0.15) is 0 Å². The fourth-order valence-corrected chi connectivity index (χ4v) is 3.01. The molecule has 0 bridgehead atoms. The summed E-state index contributed by atoms with van der Waals surface area (Å²) in [5.74, 6) is 0.259. The first-order valence-corrected chi connectivity index (χ1v) is 7.14. The van der Waals surface area contributed by atoms with Crippen LogP contribution >= 0.6 is 11.6 Å². The lowest BCUT2D eigenvalue weighted by molar-refractivity contribution is -0.120.